The molecule has 1 spiro atoms. The number of hydrogen-bond donors (Lipinski definition) is 1. The SMILES string of the molecule is O=C(NC1CCCCC1)c1cc(S(=O)(=O)N2CCC3(CC2)OCCO3)ccc1F. The molecule has 0 bridgehead atoms. The number of carbonyl (C=O) groups is 1. The van der Waals surface area contributed by atoms with Crippen LogP contribution in [0.2, 0.25) is 0 Å². The fraction of sp³-hybridized carbons (Fsp3) is 0.650. The lowest BCUT2D eigenvalue weighted by molar-refractivity contribution is -0.179. The molecule has 1 aromatic rings. The monoisotopic (exact) mass is 426 g/mol. The first-order valence-corrected chi connectivity index (χ1v) is 11.7. The van der Waals surface area contributed by atoms with E-state index in [4.69, 9.17) is 9.47 Å². The van der Waals surface area contributed by atoms with E-state index in [9.17, 15) is 17.6 Å². The van der Waals surface area contributed by atoms with Crippen molar-refractivity contribution >= 4 is 15.9 Å². The molecule has 1 saturated carbocycles. The van der Waals surface area contributed by atoms with E-state index in [1.54, 1.807) is 0 Å². The predicted molar refractivity (Wildman–Crippen MR) is 103 cm³/mol. The molecule has 0 atom stereocenters. The van der Waals surface area contributed by atoms with Crippen LogP contribution < -0.4 is 5.32 Å². The summed E-state index contributed by atoms with van der Waals surface area (Å²) in [7, 11) is -3.84. The van der Waals surface area contributed by atoms with Crippen LogP contribution in [0.1, 0.15) is 55.3 Å². The highest BCUT2D eigenvalue weighted by atomic mass is 32.2. The molecule has 9 heteroatoms. The number of amides is 1. The van der Waals surface area contributed by atoms with Crippen LogP contribution in [0, 0.1) is 5.82 Å². The first-order valence-electron chi connectivity index (χ1n) is 10.3. The van der Waals surface area contributed by atoms with E-state index < -0.39 is 27.5 Å². The third-order valence-corrected chi connectivity index (χ3v) is 7.95. The Morgan fingerprint density at radius 3 is 2.41 bits per heavy atom. The Morgan fingerprint density at radius 1 is 1.10 bits per heavy atom. The number of rotatable bonds is 4. The van der Waals surface area contributed by atoms with Gasteiger partial charge < -0.3 is 14.8 Å². The molecule has 0 radical (unpaired) electrons. The summed E-state index contributed by atoms with van der Waals surface area (Å²) in [4.78, 5) is 12.5. The largest absolute Gasteiger partial charge is 0.349 e. The molecule has 2 aliphatic heterocycles. The summed E-state index contributed by atoms with van der Waals surface area (Å²) < 4.78 is 53.0. The van der Waals surface area contributed by atoms with E-state index in [0.29, 0.717) is 26.1 Å². The highest BCUT2D eigenvalue weighted by molar-refractivity contribution is 7.89. The smallest absolute Gasteiger partial charge is 0.254 e. The number of piperidine rings is 1. The van der Waals surface area contributed by atoms with Gasteiger partial charge in [-0.3, -0.25) is 4.79 Å². The third-order valence-electron chi connectivity index (χ3n) is 6.06. The van der Waals surface area contributed by atoms with Crippen molar-refractivity contribution in [2.75, 3.05) is 26.3 Å². The summed E-state index contributed by atoms with van der Waals surface area (Å²) in [5, 5.41) is 2.85. The van der Waals surface area contributed by atoms with Gasteiger partial charge in [0.15, 0.2) is 5.79 Å². The number of halogens is 1. The van der Waals surface area contributed by atoms with Gasteiger partial charge in [0.25, 0.3) is 5.91 Å². The Labute approximate surface area is 170 Å². The summed E-state index contributed by atoms with van der Waals surface area (Å²) in [5.74, 6) is -1.96. The van der Waals surface area contributed by atoms with E-state index in [1.807, 2.05) is 0 Å². The number of ether oxygens (including phenoxy) is 2. The highest BCUT2D eigenvalue weighted by Crippen LogP contribution is 2.33. The molecule has 7 nitrogen and oxygen atoms in total. The summed E-state index contributed by atoms with van der Waals surface area (Å²) in [5.41, 5.74) is -0.229. The lowest BCUT2D eigenvalue weighted by Crippen LogP contribution is -2.47. The van der Waals surface area contributed by atoms with Crippen molar-refractivity contribution in [1.82, 2.24) is 9.62 Å². The Kier molecular flexibility index (Phi) is 5.92. The average molecular weight is 427 g/mol. The van der Waals surface area contributed by atoms with Gasteiger partial charge in [0.05, 0.1) is 23.7 Å². The van der Waals surface area contributed by atoms with Gasteiger partial charge in [0, 0.05) is 32.0 Å². The van der Waals surface area contributed by atoms with Gasteiger partial charge in [-0.15, -0.1) is 0 Å². The Hall–Kier alpha value is -1.55. The van der Waals surface area contributed by atoms with Gasteiger partial charge in [-0.25, -0.2) is 12.8 Å². The Morgan fingerprint density at radius 2 is 1.76 bits per heavy atom. The number of benzene rings is 1. The van der Waals surface area contributed by atoms with Crippen molar-refractivity contribution in [2.45, 2.75) is 61.7 Å². The van der Waals surface area contributed by atoms with E-state index in [0.717, 1.165) is 44.2 Å². The van der Waals surface area contributed by atoms with Crippen LogP contribution in [-0.4, -0.2) is 56.8 Å². The molecule has 3 fully saturated rings. The van der Waals surface area contributed by atoms with Crippen molar-refractivity contribution in [1.29, 1.82) is 0 Å². The summed E-state index contributed by atoms with van der Waals surface area (Å²) in [6.07, 6.45) is 5.83. The Bertz CT molecular complexity index is 854. The first-order chi connectivity index (χ1) is 13.9. The molecule has 160 valence electrons. The maximum absolute atomic E-state index is 14.3. The minimum absolute atomic E-state index is 0.0145. The summed E-state index contributed by atoms with van der Waals surface area (Å²) in [6.45, 7) is 1.54. The second-order valence-corrected chi connectivity index (χ2v) is 9.90. The van der Waals surface area contributed by atoms with Crippen LogP contribution >= 0.6 is 0 Å². The number of sulfonamides is 1. The molecular weight excluding hydrogens is 399 g/mol. The van der Waals surface area contributed by atoms with Crippen molar-refractivity contribution < 1.29 is 27.1 Å². The maximum Gasteiger partial charge on any atom is 0.254 e. The van der Waals surface area contributed by atoms with Gasteiger partial charge in [-0.2, -0.15) is 4.31 Å². The van der Waals surface area contributed by atoms with Crippen molar-refractivity contribution in [3.8, 4) is 0 Å². The zero-order chi connectivity index (χ0) is 20.5. The van der Waals surface area contributed by atoms with Crippen molar-refractivity contribution in [2.24, 2.45) is 0 Å². The second kappa shape index (κ2) is 8.29. The van der Waals surface area contributed by atoms with Gasteiger partial charge in [-0.1, -0.05) is 19.3 Å². The van der Waals surface area contributed by atoms with E-state index >= 15 is 0 Å². The number of carbonyl (C=O) groups excluding carboxylic acids is 1. The quantitative estimate of drug-likeness (QED) is 0.799. The normalized spacial score (nSPS) is 23.3. The molecule has 0 unspecified atom stereocenters. The molecule has 2 saturated heterocycles. The molecule has 4 rings (SSSR count). The lowest BCUT2D eigenvalue weighted by atomic mass is 9.95. The summed E-state index contributed by atoms with van der Waals surface area (Å²) >= 11 is 0. The van der Waals surface area contributed by atoms with Crippen LogP contribution in [0.15, 0.2) is 23.1 Å². The maximum atomic E-state index is 14.3. The minimum Gasteiger partial charge on any atom is -0.349 e. The van der Waals surface area contributed by atoms with Crippen LogP contribution in [-0.2, 0) is 19.5 Å². The van der Waals surface area contributed by atoms with Crippen LogP contribution in [0.4, 0.5) is 4.39 Å². The second-order valence-electron chi connectivity index (χ2n) is 7.96. The minimum atomic E-state index is -3.84. The zero-order valence-electron chi connectivity index (χ0n) is 16.4. The van der Waals surface area contributed by atoms with E-state index in [2.05, 4.69) is 5.32 Å². The number of nitrogens with one attached hydrogen (secondary N) is 1. The first kappa shape index (κ1) is 20.7. The van der Waals surface area contributed by atoms with Crippen LogP contribution in [0.3, 0.4) is 0 Å². The molecular formula is C20H27FN2O5S. The van der Waals surface area contributed by atoms with E-state index in [-0.39, 0.29) is 29.6 Å². The van der Waals surface area contributed by atoms with Crippen LogP contribution in [0.5, 0.6) is 0 Å². The molecule has 0 aromatic heterocycles. The third kappa shape index (κ3) is 4.33. The molecule has 1 aliphatic carbocycles. The molecule has 29 heavy (non-hydrogen) atoms. The van der Waals surface area contributed by atoms with Crippen LogP contribution in [0.25, 0.3) is 0 Å². The average Bonchev–Trinajstić information content (AvgIpc) is 3.17. The van der Waals surface area contributed by atoms with Gasteiger partial charge >= 0.3 is 0 Å². The van der Waals surface area contributed by atoms with Crippen molar-refractivity contribution in [3.05, 3.63) is 29.6 Å². The fourth-order valence-corrected chi connectivity index (χ4v) is 5.82. The standard InChI is InChI=1S/C20H27FN2O5S/c21-18-7-6-16(14-17(18)19(24)22-15-4-2-1-3-5-15)29(25,26)23-10-8-20(9-11-23)27-12-13-28-20/h6-7,14-15H,1-5,8-13H2,(H,22,24). The molecule has 1 amide bonds. The highest BCUT2D eigenvalue weighted by Gasteiger charge is 2.42. The van der Waals surface area contributed by atoms with Gasteiger partial charge in [-0.05, 0) is 31.0 Å². The number of nitrogens with zero attached hydrogens (tertiary/aromatic N) is 1. The fourth-order valence-electron chi connectivity index (χ4n) is 4.35. The topological polar surface area (TPSA) is 84.9 Å². The molecule has 3 aliphatic rings. The lowest BCUT2D eigenvalue weighted by Gasteiger charge is -2.36. The van der Waals surface area contributed by atoms with E-state index in [1.165, 1.54) is 10.4 Å². The molecule has 2 heterocycles. The van der Waals surface area contributed by atoms with Gasteiger partial charge in [0.1, 0.15) is 5.82 Å². The summed E-state index contributed by atoms with van der Waals surface area (Å²) in [6, 6.07) is 3.43. The van der Waals surface area contributed by atoms with Gasteiger partial charge in [0.2, 0.25) is 10.0 Å². The Balaban J connectivity index is 1.49. The van der Waals surface area contributed by atoms with Crippen molar-refractivity contribution in [3.63, 3.8) is 0 Å². The number of hydrogen-bond acceptors (Lipinski definition) is 5. The molecule has 1 N–H and O–H groups in total. The molecule has 1 aromatic carbocycles. The zero-order valence-corrected chi connectivity index (χ0v) is 17.2. The predicted octanol–water partition coefficient (Wildman–Crippen LogP) is 2.42.